The van der Waals surface area contributed by atoms with E-state index in [1.807, 2.05) is 30.3 Å². The number of benzene rings is 2. The first-order chi connectivity index (χ1) is 11.2. The predicted molar refractivity (Wildman–Crippen MR) is 92.7 cm³/mol. The second-order valence-corrected chi connectivity index (χ2v) is 5.92. The van der Waals surface area contributed by atoms with Crippen molar-refractivity contribution in [1.82, 2.24) is 9.55 Å². The Morgan fingerprint density at radius 2 is 1.78 bits per heavy atom. The number of aryl methyl sites for hydroxylation is 1. The van der Waals surface area contributed by atoms with Crippen LogP contribution in [0.3, 0.4) is 0 Å². The number of imidazole rings is 1. The number of rotatable bonds is 5. The number of halogens is 1. The molecule has 0 bridgehead atoms. The largest absolute Gasteiger partial charge is 0.382 e. The van der Waals surface area contributed by atoms with E-state index >= 15 is 0 Å². The molecular formula is C19H19ClN2O. The Balaban J connectivity index is 1.96. The molecule has 0 unspecified atom stereocenters. The summed E-state index contributed by atoms with van der Waals surface area (Å²) in [5.74, 6) is 0.969. The third-order valence-electron chi connectivity index (χ3n) is 3.93. The molecule has 3 rings (SSSR count). The number of nitrogens with zero attached hydrogens (tertiary/aromatic N) is 2. The Labute approximate surface area is 141 Å². The summed E-state index contributed by atoms with van der Waals surface area (Å²) in [6, 6.07) is 17.5. The topological polar surface area (TPSA) is 38.1 Å². The van der Waals surface area contributed by atoms with Gasteiger partial charge in [0.25, 0.3) is 0 Å². The van der Waals surface area contributed by atoms with Gasteiger partial charge in [0.15, 0.2) is 0 Å². The highest BCUT2D eigenvalue weighted by Crippen LogP contribution is 2.25. The second-order valence-electron chi connectivity index (χ2n) is 5.48. The summed E-state index contributed by atoms with van der Waals surface area (Å²) >= 11 is 5.93. The fourth-order valence-corrected chi connectivity index (χ4v) is 2.82. The summed E-state index contributed by atoms with van der Waals surface area (Å²) < 4.78 is 2.09. The van der Waals surface area contributed by atoms with Gasteiger partial charge in [-0.25, -0.2) is 4.98 Å². The lowest BCUT2D eigenvalue weighted by atomic mass is 10.1. The molecule has 1 heterocycles. The summed E-state index contributed by atoms with van der Waals surface area (Å²) in [6.07, 6.45) is 1.87. The molecule has 0 radical (unpaired) electrons. The maximum atomic E-state index is 10.7. The van der Waals surface area contributed by atoms with Crippen molar-refractivity contribution in [2.45, 2.75) is 26.0 Å². The highest BCUT2D eigenvalue weighted by Gasteiger charge is 2.18. The lowest BCUT2D eigenvalue weighted by Crippen LogP contribution is -2.12. The van der Waals surface area contributed by atoms with Crippen molar-refractivity contribution >= 4 is 11.6 Å². The highest BCUT2D eigenvalue weighted by atomic mass is 35.5. The van der Waals surface area contributed by atoms with Crippen LogP contribution in [0, 0.1) is 0 Å². The Morgan fingerprint density at radius 1 is 1.09 bits per heavy atom. The minimum atomic E-state index is -0.719. The Morgan fingerprint density at radius 3 is 2.43 bits per heavy atom. The molecule has 1 N–H and O–H groups in total. The third-order valence-corrected chi connectivity index (χ3v) is 4.19. The van der Waals surface area contributed by atoms with Gasteiger partial charge in [-0.15, -0.1) is 0 Å². The summed E-state index contributed by atoms with van der Waals surface area (Å²) in [6.45, 7) is 2.77. The van der Waals surface area contributed by atoms with Crippen molar-refractivity contribution in [3.63, 3.8) is 0 Å². The van der Waals surface area contributed by atoms with Crippen molar-refractivity contribution in [3.8, 4) is 0 Å². The summed E-state index contributed by atoms with van der Waals surface area (Å²) in [7, 11) is 0. The molecule has 0 aliphatic carbocycles. The summed E-state index contributed by atoms with van der Waals surface area (Å²) in [5, 5.41) is 11.4. The first kappa shape index (κ1) is 15.8. The van der Waals surface area contributed by atoms with E-state index in [4.69, 9.17) is 11.6 Å². The second kappa shape index (κ2) is 6.99. The van der Waals surface area contributed by atoms with Crippen LogP contribution in [0.5, 0.6) is 0 Å². The Hall–Kier alpha value is -2.10. The van der Waals surface area contributed by atoms with Crippen LogP contribution in [-0.2, 0) is 13.0 Å². The van der Waals surface area contributed by atoms with E-state index < -0.39 is 6.10 Å². The highest BCUT2D eigenvalue weighted by molar-refractivity contribution is 6.30. The lowest BCUT2D eigenvalue weighted by Gasteiger charge is -2.16. The van der Waals surface area contributed by atoms with E-state index in [2.05, 4.69) is 28.6 Å². The SMILES string of the molecule is CCc1ncc([C@@H](O)c2ccc(Cl)cc2)n1Cc1ccccc1. The van der Waals surface area contributed by atoms with Crippen LogP contribution < -0.4 is 0 Å². The molecule has 3 aromatic rings. The zero-order chi connectivity index (χ0) is 16.2. The van der Waals surface area contributed by atoms with E-state index in [0.29, 0.717) is 11.6 Å². The quantitative estimate of drug-likeness (QED) is 0.762. The maximum Gasteiger partial charge on any atom is 0.121 e. The minimum Gasteiger partial charge on any atom is -0.382 e. The molecule has 0 saturated carbocycles. The van der Waals surface area contributed by atoms with Crippen LogP contribution >= 0.6 is 11.6 Å². The van der Waals surface area contributed by atoms with Crippen LogP contribution in [0.25, 0.3) is 0 Å². The van der Waals surface area contributed by atoms with Crippen LogP contribution in [-0.4, -0.2) is 14.7 Å². The van der Waals surface area contributed by atoms with Crippen LogP contribution in [0.4, 0.5) is 0 Å². The first-order valence-corrected chi connectivity index (χ1v) is 8.08. The number of hydrogen-bond donors (Lipinski definition) is 1. The molecule has 0 saturated heterocycles. The molecule has 0 amide bonds. The molecular weight excluding hydrogens is 308 g/mol. The number of hydrogen-bond acceptors (Lipinski definition) is 2. The van der Waals surface area contributed by atoms with Gasteiger partial charge in [-0.05, 0) is 23.3 Å². The minimum absolute atomic E-state index is 0.660. The van der Waals surface area contributed by atoms with Gasteiger partial charge in [0.05, 0.1) is 11.9 Å². The summed E-state index contributed by atoms with van der Waals surface area (Å²) in [4.78, 5) is 4.47. The Kier molecular flexibility index (Phi) is 4.79. The standard InChI is InChI=1S/C19H19ClN2O/c1-2-18-21-12-17(19(23)15-8-10-16(20)11-9-15)22(18)13-14-6-4-3-5-7-14/h3-12,19,23H,2,13H2,1H3/t19-/m0/s1. The fourth-order valence-electron chi connectivity index (χ4n) is 2.69. The van der Waals surface area contributed by atoms with Crippen molar-refractivity contribution in [1.29, 1.82) is 0 Å². The molecule has 1 aromatic heterocycles. The van der Waals surface area contributed by atoms with Gasteiger partial charge in [-0.2, -0.15) is 0 Å². The lowest BCUT2D eigenvalue weighted by molar-refractivity contribution is 0.210. The zero-order valence-corrected chi connectivity index (χ0v) is 13.7. The van der Waals surface area contributed by atoms with E-state index in [9.17, 15) is 5.11 Å². The van der Waals surface area contributed by atoms with E-state index in [-0.39, 0.29) is 0 Å². The van der Waals surface area contributed by atoms with Crippen molar-refractivity contribution in [2.75, 3.05) is 0 Å². The predicted octanol–water partition coefficient (Wildman–Crippen LogP) is 4.23. The summed E-state index contributed by atoms with van der Waals surface area (Å²) in [5.41, 5.74) is 2.80. The molecule has 118 valence electrons. The van der Waals surface area contributed by atoms with Crippen LogP contribution in [0.15, 0.2) is 60.8 Å². The maximum absolute atomic E-state index is 10.7. The van der Waals surface area contributed by atoms with Crippen molar-refractivity contribution in [2.24, 2.45) is 0 Å². The first-order valence-electron chi connectivity index (χ1n) is 7.70. The average Bonchev–Trinajstić information content (AvgIpc) is 2.98. The molecule has 1 atom stereocenters. The number of aliphatic hydroxyl groups is 1. The number of aromatic nitrogens is 2. The third kappa shape index (κ3) is 3.46. The van der Waals surface area contributed by atoms with Crippen LogP contribution in [0.2, 0.25) is 5.02 Å². The van der Waals surface area contributed by atoms with Gasteiger partial charge in [0, 0.05) is 18.0 Å². The molecule has 23 heavy (non-hydrogen) atoms. The monoisotopic (exact) mass is 326 g/mol. The van der Waals surface area contributed by atoms with Gasteiger partial charge in [-0.3, -0.25) is 0 Å². The number of aliphatic hydroxyl groups excluding tert-OH is 1. The van der Waals surface area contributed by atoms with Gasteiger partial charge in [0.2, 0.25) is 0 Å². The Bertz CT molecular complexity index is 766. The van der Waals surface area contributed by atoms with Gasteiger partial charge in [-0.1, -0.05) is 61.0 Å². The fraction of sp³-hybridized carbons (Fsp3) is 0.211. The zero-order valence-electron chi connectivity index (χ0n) is 13.0. The molecule has 0 aliphatic rings. The molecule has 0 spiro atoms. The molecule has 3 nitrogen and oxygen atoms in total. The molecule has 0 aliphatic heterocycles. The molecule has 0 fully saturated rings. The van der Waals surface area contributed by atoms with Gasteiger partial charge in [0.1, 0.15) is 11.9 Å². The average molecular weight is 327 g/mol. The van der Waals surface area contributed by atoms with Crippen molar-refractivity contribution in [3.05, 3.63) is 88.5 Å². The van der Waals surface area contributed by atoms with Gasteiger partial charge < -0.3 is 9.67 Å². The van der Waals surface area contributed by atoms with E-state index in [1.54, 1.807) is 18.3 Å². The molecule has 2 aromatic carbocycles. The van der Waals surface area contributed by atoms with Crippen molar-refractivity contribution < 1.29 is 5.11 Å². The van der Waals surface area contributed by atoms with E-state index in [1.165, 1.54) is 5.56 Å². The normalized spacial score (nSPS) is 12.3. The molecule has 4 heteroatoms. The smallest absolute Gasteiger partial charge is 0.121 e. The van der Waals surface area contributed by atoms with Crippen LogP contribution in [0.1, 0.15) is 35.7 Å². The van der Waals surface area contributed by atoms with E-state index in [0.717, 1.165) is 23.5 Å². The van der Waals surface area contributed by atoms with Gasteiger partial charge >= 0.3 is 0 Å².